The SMILES string of the molecule is CCOc1ncccc1C(=O)N(C)Cc1ccc2c(c1)OCCO2. The topological polar surface area (TPSA) is 60.9 Å². The van der Waals surface area contributed by atoms with E-state index in [4.69, 9.17) is 14.2 Å². The first-order valence-corrected chi connectivity index (χ1v) is 7.91. The number of fused-ring (bicyclic) bond motifs is 1. The van der Waals surface area contributed by atoms with Crippen LogP contribution in [0.2, 0.25) is 0 Å². The molecule has 1 amide bonds. The van der Waals surface area contributed by atoms with Gasteiger partial charge < -0.3 is 19.1 Å². The molecule has 0 saturated heterocycles. The molecule has 2 heterocycles. The van der Waals surface area contributed by atoms with Gasteiger partial charge in [0.15, 0.2) is 11.5 Å². The summed E-state index contributed by atoms with van der Waals surface area (Å²) < 4.78 is 16.5. The highest BCUT2D eigenvalue weighted by Gasteiger charge is 2.19. The van der Waals surface area contributed by atoms with Gasteiger partial charge in [0.1, 0.15) is 18.8 Å². The molecule has 0 N–H and O–H groups in total. The lowest BCUT2D eigenvalue weighted by molar-refractivity contribution is 0.0779. The lowest BCUT2D eigenvalue weighted by Crippen LogP contribution is -2.27. The van der Waals surface area contributed by atoms with Gasteiger partial charge in [0.05, 0.1) is 6.61 Å². The first-order chi connectivity index (χ1) is 11.7. The van der Waals surface area contributed by atoms with Crippen LogP contribution in [0.3, 0.4) is 0 Å². The van der Waals surface area contributed by atoms with E-state index in [1.807, 2.05) is 25.1 Å². The lowest BCUT2D eigenvalue weighted by atomic mass is 10.1. The Bertz CT molecular complexity index is 733. The highest BCUT2D eigenvalue weighted by Crippen LogP contribution is 2.31. The second-order valence-electron chi connectivity index (χ2n) is 5.43. The Balaban J connectivity index is 1.75. The third kappa shape index (κ3) is 3.42. The highest BCUT2D eigenvalue weighted by atomic mass is 16.6. The van der Waals surface area contributed by atoms with Crippen molar-refractivity contribution in [2.24, 2.45) is 0 Å². The molecular weight excluding hydrogens is 308 g/mol. The molecule has 0 spiro atoms. The molecule has 2 aromatic rings. The van der Waals surface area contributed by atoms with E-state index < -0.39 is 0 Å². The fourth-order valence-electron chi connectivity index (χ4n) is 2.54. The molecule has 0 saturated carbocycles. The van der Waals surface area contributed by atoms with Crippen molar-refractivity contribution >= 4 is 5.91 Å². The smallest absolute Gasteiger partial charge is 0.259 e. The second-order valence-corrected chi connectivity index (χ2v) is 5.43. The van der Waals surface area contributed by atoms with E-state index in [9.17, 15) is 4.79 Å². The number of hydrogen-bond donors (Lipinski definition) is 0. The van der Waals surface area contributed by atoms with Crippen molar-refractivity contribution in [3.05, 3.63) is 47.7 Å². The maximum Gasteiger partial charge on any atom is 0.259 e. The van der Waals surface area contributed by atoms with Crippen molar-refractivity contribution in [1.82, 2.24) is 9.88 Å². The molecule has 0 atom stereocenters. The van der Waals surface area contributed by atoms with Crippen molar-refractivity contribution in [1.29, 1.82) is 0 Å². The zero-order valence-corrected chi connectivity index (χ0v) is 13.8. The minimum Gasteiger partial charge on any atom is -0.486 e. The van der Waals surface area contributed by atoms with Crippen LogP contribution in [0.25, 0.3) is 0 Å². The van der Waals surface area contributed by atoms with E-state index in [1.54, 1.807) is 30.3 Å². The van der Waals surface area contributed by atoms with Gasteiger partial charge in [-0.25, -0.2) is 4.98 Å². The summed E-state index contributed by atoms with van der Waals surface area (Å²) in [4.78, 5) is 18.4. The molecular formula is C18H20N2O4. The van der Waals surface area contributed by atoms with Crippen LogP contribution in [-0.4, -0.2) is 42.7 Å². The first-order valence-electron chi connectivity index (χ1n) is 7.91. The van der Waals surface area contributed by atoms with E-state index in [-0.39, 0.29) is 5.91 Å². The van der Waals surface area contributed by atoms with Gasteiger partial charge >= 0.3 is 0 Å². The van der Waals surface area contributed by atoms with Crippen LogP contribution < -0.4 is 14.2 Å². The summed E-state index contributed by atoms with van der Waals surface area (Å²) in [5, 5.41) is 0. The number of benzene rings is 1. The number of amides is 1. The molecule has 1 aromatic carbocycles. The Labute approximate surface area is 141 Å². The van der Waals surface area contributed by atoms with Gasteiger partial charge in [0.2, 0.25) is 5.88 Å². The molecule has 6 nitrogen and oxygen atoms in total. The maximum absolute atomic E-state index is 12.7. The first kappa shape index (κ1) is 16.1. The Morgan fingerprint density at radius 1 is 1.25 bits per heavy atom. The van der Waals surface area contributed by atoms with Crippen LogP contribution in [0.4, 0.5) is 0 Å². The summed E-state index contributed by atoms with van der Waals surface area (Å²) >= 11 is 0. The van der Waals surface area contributed by atoms with Crippen molar-refractivity contribution in [2.75, 3.05) is 26.9 Å². The van der Waals surface area contributed by atoms with Gasteiger partial charge in [-0.2, -0.15) is 0 Å². The highest BCUT2D eigenvalue weighted by molar-refractivity contribution is 5.96. The summed E-state index contributed by atoms with van der Waals surface area (Å²) in [5.74, 6) is 1.68. The van der Waals surface area contributed by atoms with E-state index in [0.29, 0.717) is 37.8 Å². The summed E-state index contributed by atoms with van der Waals surface area (Å²) in [7, 11) is 1.75. The number of hydrogen-bond acceptors (Lipinski definition) is 5. The molecule has 24 heavy (non-hydrogen) atoms. The van der Waals surface area contributed by atoms with Crippen LogP contribution in [0.5, 0.6) is 17.4 Å². The molecule has 0 aliphatic carbocycles. The largest absolute Gasteiger partial charge is 0.486 e. The molecule has 0 radical (unpaired) electrons. The lowest BCUT2D eigenvalue weighted by Gasteiger charge is -2.21. The molecule has 0 bridgehead atoms. The molecule has 0 unspecified atom stereocenters. The summed E-state index contributed by atoms with van der Waals surface area (Å²) in [6.07, 6.45) is 1.61. The monoisotopic (exact) mass is 328 g/mol. The average Bonchev–Trinajstić information content (AvgIpc) is 2.62. The Morgan fingerprint density at radius 2 is 2.04 bits per heavy atom. The van der Waals surface area contributed by atoms with Crippen LogP contribution in [0.1, 0.15) is 22.8 Å². The van der Waals surface area contributed by atoms with Gasteiger partial charge in [-0.1, -0.05) is 6.07 Å². The molecule has 1 aliphatic rings. The zero-order chi connectivity index (χ0) is 16.9. The summed E-state index contributed by atoms with van der Waals surface area (Å²) in [5.41, 5.74) is 1.43. The zero-order valence-electron chi connectivity index (χ0n) is 13.8. The standard InChI is InChI=1S/C18H20N2O4/c1-3-22-17-14(5-4-8-19-17)18(21)20(2)12-13-6-7-15-16(11-13)24-10-9-23-15/h4-8,11H,3,9-10,12H2,1-2H3. The second kappa shape index (κ2) is 7.21. The third-order valence-electron chi connectivity index (χ3n) is 3.66. The van der Waals surface area contributed by atoms with Crippen LogP contribution in [-0.2, 0) is 6.54 Å². The Hall–Kier alpha value is -2.76. The Kier molecular flexibility index (Phi) is 4.84. The maximum atomic E-state index is 12.7. The number of aromatic nitrogens is 1. The molecule has 0 fully saturated rings. The quantitative estimate of drug-likeness (QED) is 0.844. The number of ether oxygens (including phenoxy) is 3. The number of carbonyl (C=O) groups excluding carboxylic acids is 1. The fraction of sp³-hybridized carbons (Fsp3) is 0.333. The van der Waals surface area contributed by atoms with Gasteiger partial charge in [-0.05, 0) is 36.8 Å². The van der Waals surface area contributed by atoms with Crippen LogP contribution >= 0.6 is 0 Å². The third-order valence-corrected chi connectivity index (χ3v) is 3.66. The van der Waals surface area contributed by atoms with Crippen molar-refractivity contribution < 1.29 is 19.0 Å². The number of carbonyl (C=O) groups is 1. The van der Waals surface area contributed by atoms with E-state index in [0.717, 1.165) is 17.1 Å². The van der Waals surface area contributed by atoms with E-state index in [2.05, 4.69) is 4.98 Å². The summed E-state index contributed by atoms with van der Waals surface area (Å²) in [6, 6.07) is 9.17. The van der Waals surface area contributed by atoms with Crippen LogP contribution in [0, 0.1) is 0 Å². The van der Waals surface area contributed by atoms with Crippen LogP contribution in [0.15, 0.2) is 36.5 Å². The molecule has 126 valence electrons. The van der Waals surface area contributed by atoms with Gasteiger partial charge in [-0.3, -0.25) is 4.79 Å². The molecule has 1 aromatic heterocycles. The van der Waals surface area contributed by atoms with Crippen molar-refractivity contribution in [3.8, 4) is 17.4 Å². The summed E-state index contributed by atoms with van der Waals surface area (Å²) in [6.45, 7) is 3.88. The van der Waals surface area contributed by atoms with Gasteiger partial charge in [0, 0.05) is 19.8 Å². The fourth-order valence-corrected chi connectivity index (χ4v) is 2.54. The average molecular weight is 328 g/mol. The van der Waals surface area contributed by atoms with Gasteiger partial charge in [0.25, 0.3) is 5.91 Å². The Morgan fingerprint density at radius 3 is 2.83 bits per heavy atom. The predicted molar refractivity (Wildman–Crippen MR) is 88.6 cm³/mol. The number of rotatable bonds is 5. The number of pyridine rings is 1. The molecule has 1 aliphatic heterocycles. The predicted octanol–water partition coefficient (Wildman–Crippen LogP) is 2.52. The van der Waals surface area contributed by atoms with E-state index >= 15 is 0 Å². The minimum atomic E-state index is -0.138. The van der Waals surface area contributed by atoms with E-state index in [1.165, 1.54) is 0 Å². The number of nitrogens with zero attached hydrogens (tertiary/aromatic N) is 2. The molecule has 6 heteroatoms. The normalized spacial score (nSPS) is 12.6. The molecule has 3 rings (SSSR count). The van der Waals surface area contributed by atoms with Crippen molar-refractivity contribution in [3.63, 3.8) is 0 Å². The van der Waals surface area contributed by atoms with Crippen molar-refractivity contribution in [2.45, 2.75) is 13.5 Å². The van der Waals surface area contributed by atoms with Gasteiger partial charge in [-0.15, -0.1) is 0 Å². The minimum absolute atomic E-state index is 0.138.